The molecule has 3 rings (SSSR count). The second-order valence-corrected chi connectivity index (χ2v) is 8.91. The van der Waals surface area contributed by atoms with Crippen LogP contribution in [0.25, 0.3) is 5.65 Å². The largest absolute Gasteiger partial charge is 0.352 e. The lowest BCUT2D eigenvalue weighted by Gasteiger charge is -2.34. The van der Waals surface area contributed by atoms with Crippen LogP contribution in [0, 0.1) is 11.8 Å². The molecule has 25 heavy (non-hydrogen) atoms. The molecule has 0 radical (unpaired) electrons. The maximum atomic E-state index is 12.3. The number of hydrogen-bond acceptors (Lipinski definition) is 3. The van der Waals surface area contributed by atoms with E-state index in [1.54, 1.807) is 16.7 Å². The van der Waals surface area contributed by atoms with E-state index in [2.05, 4.69) is 24.1 Å². The van der Waals surface area contributed by atoms with Crippen LogP contribution >= 0.6 is 11.6 Å². The molecule has 7 heteroatoms. The number of amides is 1. The van der Waals surface area contributed by atoms with E-state index in [1.807, 2.05) is 12.3 Å². The Morgan fingerprint density at radius 2 is 2.16 bits per heavy atom. The number of nitrogens with zero attached hydrogens (tertiary/aromatic N) is 2. The van der Waals surface area contributed by atoms with E-state index < -0.39 is 10.8 Å². The van der Waals surface area contributed by atoms with Crippen molar-refractivity contribution in [3.05, 3.63) is 35.2 Å². The third kappa shape index (κ3) is 4.61. The predicted molar refractivity (Wildman–Crippen MR) is 101 cm³/mol. The molecule has 1 N–H and O–H groups in total. The highest BCUT2D eigenvalue weighted by Crippen LogP contribution is 2.29. The van der Waals surface area contributed by atoms with E-state index >= 15 is 0 Å². The predicted octanol–water partition coefficient (Wildman–Crippen LogP) is 3.18. The second-order valence-electron chi connectivity index (χ2n) is 7.01. The highest BCUT2D eigenvalue weighted by atomic mass is 35.5. The standard InChI is InChI=1S/C18H24ClN3O2S/c1-12-4-3-5-16(13(12)2)21-18(23)11-25(24)10-15-9-22-8-14(19)6-7-17(22)20-15/h6-9,12-13,16H,3-5,10-11H2,1-2H3,(H,21,23)/t12-,13-,16+,25-/m1/s1. The van der Waals surface area contributed by atoms with Crippen molar-refractivity contribution in [3.63, 3.8) is 0 Å². The zero-order valence-electron chi connectivity index (χ0n) is 14.6. The van der Waals surface area contributed by atoms with Crippen molar-refractivity contribution in [2.24, 2.45) is 11.8 Å². The van der Waals surface area contributed by atoms with Gasteiger partial charge in [-0.15, -0.1) is 0 Å². The van der Waals surface area contributed by atoms with Crippen molar-refractivity contribution >= 4 is 34.0 Å². The second kappa shape index (κ2) is 7.87. The van der Waals surface area contributed by atoms with Gasteiger partial charge < -0.3 is 9.72 Å². The van der Waals surface area contributed by atoms with Crippen LogP contribution in [0.15, 0.2) is 24.5 Å². The Morgan fingerprint density at radius 3 is 2.96 bits per heavy atom. The Bertz CT molecular complexity index is 792. The molecule has 4 atom stereocenters. The Morgan fingerprint density at radius 1 is 1.36 bits per heavy atom. The Kier molecular flexibility index (Phi) is 5.79. The van der Waals surface area contributed by atoms with Crippen molar-refractivity contribution in [2.75, 3.05) is 5.75 Å². The number of hydrogen-bond donors (Lipinski definition) is 1. The first-order valence-electron chi connectivity index (χ1n) is 8.70. The summed E-state index contributed by atoms with van der Waals surface area (Å²) in [5, 5.41) is 3.69. The fraction of sp³-hybridized carbons (Fsp3) is 0.556. The van der Waals surface area contributed by atoms with Gasteiger partial charge >= 0.3 is 0 Å². The quantitative estimate of drug-likeness (QED) is 0.865. The number of aromatic nitrogens is 2. The van der Waals surface area contributed by atoms with Crippen molar-refractivity contribution in [3.8, 4) is 0 Å². The Labute approximate surface area is 155 Å². The van der Waals surface area contributed by atoms with Gasteiger partial charge in [0.05, 0.1) is 16.5 Å². The number of rotatable bonds is 5. The number of carbonyl (C=O) groups excluding carboxylic acids is 1. The minimum Gasteiger partial charge on any atom is -0.352 e. The molecular weight excluding hydrogens is 358 g/mol. The molecule has 1 amide bonds. The summed E-state index contributed by atoms with van der Waals surface area (Å²) in [4.78, 5) is 16.7. The maximum absolute atomic E-state index is 12.3. The van der Waals surface area contributed by atoms with Gasteiger partial charge in [0, 0.05) is 29.2 Å². The minimum absolute atomic E-state index is 0.0201. The molecule has 0 bridgehead atoms. The molecule has 2 aromatic rings. The molecule has 1 aliphatic carbocycles. The van der Waals surface area contributed by atoms with Gasteiger partial charge in [-0.25, -0.2) is 4.98 Å². The van der Waals surface area contributed by atoms with Crippen LogP contribution in [0.3, 0.4) is 0 Å². The lowest BCUT2D eigenvalue weighted by molar-refractivity contribution is -0.120. The van der Waals surface area contributed by atoms with Crippen molar-refractivity contribution in [1.29, 1.82) is 0 Å². The summed E-state index contributed by atoms with van der Waals surface area (Å²) in [6.45, 7) is 4.42. The van der Waals surface area contributed by atoms with Gasteiger partial charge in [-0.05, 0) is 30.4 Å². The number of nitrogens with one attached hydrogen (secondary N) is 1. The molecule has 136 valence electrons. The van der Waals surface area contributed by atoms with Crippen LogP contribution in [0.4, 0.5) is 0 Å². The molecule has 1 fully saturated rings. The molecule has 1 saturated carbocycles. The molecule has 2 heterocycles. The highest BCUT2D eigenvalue weighted by Gasteiger charge is 2.28. The van der Waals surface area contributed by atoms with Gasteiger partial charge in [-0.3, -0.25) is 9.00 Å². The smallest absolute Gasteiger partial charge is 0.232 e. The summed E-state index contributed by atoms with van der Waals surface area (Å²) in [6, 6.07) is 3.78. The van der Waals surface area contributed by atoms with Gasteiger partial charge in [-0.1, -0.05) is 38.3 Å². The van der Waals surface area contributed by atoms with Crippen LogP contribution in [-0.4, -0.2) is 31.3 Å². The molecular formula is C18H24ClN3O2S. The Hall–Kier alpha value is -1.40. The third-order valence-corrected chi connectivity index (χ3v) is 6.54. The molecule has 0 spiro atoms. The summed E-state index contributed by atoms with van der Waals surface area (Å²) in [7, 11) is -1.28. The van der Waals surface area contributed by atoms with Gasteiger partial charge in [0.25, 0.3) is 0 Å². The van der Waals surface area contributed by atoms with Crippen LogP contribution in [-0.2, 0) is 21.3 Å². The topological polar surface area (TPSA) is 63.5 Å². The fourth-order valence-electron chi connectivity index (χ4n) is 3.48. The van der Waals surface area contributed by atoms with Crippen LogP contribution < -0.4 is 5.32 Å². The molecule has 5 nitrogen and oxygen atoms in total. The summed E-state index contributed by atoms with van der Waals surface area (Å²) in [5.74, 6) is 1.25. The number of carbonyl (C=O) groups is 1. The van der Waals surface area contributed by atoms with Gasteiger partial charge in [0.2, 0.25) is 5.91 Å². The summed E-state index contributed by atoms with van der Waals surface area (Å²) >= 11 is 5.96. The van der Waals surface area contributed by atoms with E-state index in [1.165, 1.54) is 6.42 Å². The van der Waals surface area contributed by atoms with E-state index in [0.29, 0.717) is 22.6 Å². The van der Waals surface area contributed by atoms with Crippen LogP contribution in [0.1, 0.15) is 38.8 Å². The first-order valence-corrected chi connectivity index (χ1v) is 10.6. The maximum Gasteiger partial charge on any atom is 0.232 e. The number of imidazole rings is 1. The molecule has 0 unspecified atom stereocenters. The lowest BCUT2D eigenvalue weighted by Crippen LogP contribution is -2.45. The SMILES string of the molecule is C[C@@H]1[C@H](C)CCC[C@@H]1NC(=O)C[S@](=O)Cc1cn2cc(Cl)ccc2n1. The van der Waals surface area contributed by atoms with Crippen LogP contribution in [0.2, 0.25) is 5.02 Å². The molecule has 0 aromatic carbocycles. The third-order valence-electron chi connectivity index (χ3n) is 5.12. The number of pyridine rings is 1. The molecule has 2 aromatic heterocycles. The van der Waals surface area contributed by atoms with Gasteiger partial charge in [0.1, 0.15) is 11.4 Å². The first kappa shape index (κ1) is 18.4. The highest BCUT2D eigenvalue weighted by molar-refractivity contribution is 7.84. The Balaban J connectivity index is 1.55. The lowest BCUT2D eigenvalue weighted by atomic mass is 9.78. The normalized spacial score (nSPS) is 25.0. The average Bonchev–Trinajstić information content (AvgIpc) is 2.92. The zero-order valence-corrected chi connectivity index (χ0v) is 16.1. The van der Waals surface area contributed by atoms with Crippen molar-refractivity contribution in [1.82, 2.24) is 14.7 Å². The average molecular weight is 382 g/mol. The van der Waals surface area contributed by atoms with E-state index in [9.17, 15) is 9.00 Å². The van der Waals surface area contributed by atoms with E-state index in [0.717, 1.165) is 18.5 Å². The summed E-state index contributed by atoms with van der Waals surface area (Å²) in [6.07, 6.45) is 6.94. The van der Waals surface area contributed by atoms with Crippen LogP contribution in [0.5, 0.6) is 0 Å². The number of halogens is 1. The molecule has 1 aliphatic rings. The first-order chi connectivity index (χ1) is 11.9. The van der Waals surface area contributed by atoms with E-state index in [4.69, 9.17) is 11.6 Å². The summed E-state index contributed by atoms with van der Waals surface area (Å²) < 4.78 is 14.1. The molecule has 0 saturated heterocycles. The monoisotopic (exact) mass is 381 g/mol. The number of fused-ring (bicyclic) bond motifs is 1. The van der Waals surface area contributed by atoms with E-state index in [-0.39, 0.29) is 23.5 Å². The summed E-state index contributed by atoms with van der Waals surface area (Å²) in [5.41, 5.74) is 1.46. The van der Waals surface area contributed by atoms with Gasteiger partial charge in [-0.2, -0.15) is 0 Å². The fourth-order valence-corrected chi connectivity index (χ4v) is 4.60. The van der Waals surface area contributed by atoms with Crippen molar-refractivity contribution in [2.45, 2.75) is 44.9 Å². The zero-order chi connectivity index (χ0) is 18.0. The minimum atomic E-state index is -1.28. The van der Waals surface area contributed by atoms with Gasteiger partial charge in [0.15, 0.2) is 0 Å². The molecule has 0 aliphatic heterocycles. The van der Waals surface area contributed by atoms with Crippen molar-refractivity contribution < 1.29 is 9.00 Å².